The van der Waals surface area contributed by atoms with Gasteiger partial charge in [-0.3, -0.25) is 10.1 Å². The number of aryl methyl sites for hydroxylation is 2. The Hall–Kier alpha value is -3.07. The standard InChI is InChI=1S/C17H18N6O2S/c1-11-12(2)26-17(20-11)21-15-14(23(24)25)16(19-10-18-15)22(3)9-13-7-5-4-6-8-13/h4-8,10H,9H2,1-3H3,(H,18,19,20,21). The van der Waals surface area contributed by atoms with Crippen LogP contribution in [0.25, 0.3) is 0 Å². The summed E-state index contributed by atoms with van der Waals surface area (Å²) in [4.78, 5) is 26.6. The van der Waals surface area contributed by atoms with Gasteiger partial charge in [-0.15, -0.1) is 11.3 Å². The minimum atomic E-state index is -0.466. The van der Waals surface area contributed by atoms with E-state index >= 15 is 0 Å². The molecule has 0 spiro atoms. The minimum Gasteiger partial charge on any atom is -0.349 e. The van der Waals surface area contributed by atoms with Crippen LogP contribution < -0.4 is 10.2 Å². The van der Waals surface area contributed by atoms with Gasteiger partial charge in [0.15, 0.2) is 5.13 Å². The second-order valence-corrected chi connectivity index (χ2v) is 6.98. The van der Waals surface area contributed by atoms with Gasteiger partial charge in [0.2, 0.25) is 11.6 Å². The first kappa shape index (κ1) is 17.7. The molecule has 0 fully saturated rings. The van der Waals surface area contributed by atoms with E-state index < -0.39 is 4.92 Å². The summed E-state index contributed by atoms with van der Waals surface area (Å²) < 4.78 is 0. The maximum Gasteiger partial charge on any atom is 0.353 e. The first-order valence-electron chi connectivity index (χ1n) is 7.91. The van der Waals surface area contributed by atoms with Crippen molar-refractivity contribution in [3.05, 3.63) is 62.9 Å². The van der Waals surface area contributed by atoms with Gasteiger partial charge in [-0.25, -0.2) is 15.0 Å². The van der Waals surface area contributed by atoms with Gasteiger partial charge in [-0.1, -0.05) is 30.3 Å². The molecule has 0 atom stereocenters. The van der Waals surface area contributed by atoms with E-state index in [0.717, 1.165) is 16.1 Å². The van der Waals surface area contributed by atoms with E-state index in [-0.39, 0.29) is 17.3 Å². The van der Waals surface area contributed by atoms with E-state index in [0.29, 0.717) is 11.7 Å². The molecule has 26 heavy (non-hydrogen) atoms. The Kier molecular flexibility index (Phi) is 5.08. The van der Waals surface area contributed by atoms with E-state index in [2.05, 4.69) is 20.3 Å². The van der Waals surface area contributed by atoms with Crippen LogP contribution in [0.2, 0.25) is 0 Å². The first-order chi connectivity index (χ1) is 12.5. The van der Waals surface area contributed by atoms with E-state index in [9.17, 15) is 10.1 Å². The van der Waals surface area contributed by atoms with Crippen LogP contribution in [0.3, 0.4) is 0 Å². The highest BCUT2D eigenvalue weighted by atomic mass is 32.1. The van der Waals surface area contributed by atoms with Crippen molar-refractivity contribution in [2.24, 2.45) is 0 Å². The van der Waals surface area contributed by atoms with Gasteiger partial charge in [-0.2, -0.15) is 0 Å². The predicted molar refractivity (Wildman–Crippen MR) is 102 cm³/mol. The van der Waals surface area contributed by atoms with Crippen molar-refractivity contribution in [1.29, 1.82) is 0 Å². The predicted octanol–water partition coefficient (Wildman–Crippen LogP) is 3.84. The Labute approximate surface area is 154 Å². The smallest absolute Gasteiger partial charge is 0.349 e. The SMILES string of the molecule is Cc1nc(Nc2ncnc(N(C)Cc3ccccc3)c2[N+](=O)[O-])sc1C. The van der Waals surface area contributed by atoms with Gasteiger partial charge >= 0.3 is 5.69 Å². The quantitative estimate of drug-likeness (QED) is 0.520. The van der Waals surface area contributed by atoms with E-state index in [4.69, 9.17) is 0 Å². The molecule has 3 rings (SSSR count). The van der Waals surface area contributed by atoms with Crippen LogP contribution in [-0.2, 0) is 6.54 Å². The molecule has 0 saturated heterocycles. The molecule has 0 aliphatic carbocycles. The lowest BCUT2D eigenvalue weighted by atomic mass is 10.2. The van der Waals surface area contributed by atoms with Gasteiger partial charge in [0.25, 0.3) is 0 Å². The van der Waals surface area contributed by atoms with Crippen molar-refractivity contribution in [2.75, 3.05) is 17.3 Å². The lowest BCUT2D eigenvalue weighted by molar-refractivity contribution is -0.383. The largest absolute Gasteiger partial charge is 0.353 e. The van der Waals surface area contributed by atoms with Crippen LogP contribution in [0.5, 0.6) is 0 Å². The van der Waals surface area contributed by atoms with Crippen LogP contribution in [0.4, 0.5) is 22.5 Å². The topological polar surface area (TPSA) is 97.1 Å². The second-order valence-electron chi connectivity index (χ2n) is 5.78. The second kappa shape index (κ2) is 7.44. The number of rotatable bonds is 6. The Morgan fingerprint density at radius 2 is 1.96 bits per heavy atom. The fraction of sp³-hybridized carbons (Fsp3) is 0.235. The zero-order valence-corrected chi connectivity index (χ0v) is 15.4. The van der Waals surface area contributed by atoms with Crippen LogP contribution in [0, 0.1) is 24.0 Å². The molecular formula is C17H18N6O2S. The lowest BCUT2D eigenvalue weighted by Crippen LogP contribution is -2.20. The molecule has 9 heteroatoms. The fourth-order valence-corrected chi connectivity index (χ4v) is 3.28. The third-order valence-electron chi connectivity index (χ3n) is 3.86. The third-order valence-corrected chi connectivity index (χ3v) is 4.85. The van der Waals surface area contributed by atoms with Gasteiger partial charge in [0, 0.05) is 18.5 Å². The van der Waals surface area contributed by atoms with Crippen LogP contribution in [0.15, 0.2) is 36.7 Å². The van der Waals surface area contributed by atoms with Crippen molar-refractivity contribution in [3.63, 3.8) is 0 Å². The number of hydrogen-bond donors (Lipinski definition) is 1. The van der Waals surface area contributed by atoms with Crippen LogP contribution in [-0.4, -0.2) is 26.9 Å². The third kappa shape index (κ3) is 3.77. The Morgan fingerprint density at radius 3 is 2.58 bits per heavy atom. The molecule has 2 aromatic heterocycles. The molecule has 0 saturated carbocycles. The molecule has 134 valence electrons. The van der Waals surface area contributed by atoms with Crippen molar-refractivity contribution >= 4 is 33.8 Å². The molecule has 1 N–H and O–H groups in total. The minimum absolute atomic E-state index is 0.133. The van der Waals surface area contributed by atoms with Gasteiger partial charge in [0.1, 0.15) is 6.33 Å². The molecule has 0 unspecified atom stereocenters. The molecule has 0 amide bonds. The zero-order valence-electron chi connectivity index (χ0n) is 14.6. The van der Waals surface area contributed by atoms with E-state index in [1.54, 1.807) is 11.9 Å². The number of thiazole rings is 1. The molecule has 1 aromatic carbocycles. The molecule has 0 radical (unpaired) electrons. The van der Waals surface area contributed by atoms with Crippen molar-refractivity contribution < 1.29 is 4.92 Å². The highest BCUT2D eigenvalue weighted by Gasteiger charge is 2.26. The van der Waals surface area contributed by atoms with Crippen molar-refractivity contribution in [3.8, 4) is 0 Å². The number of nitrogens with zero attached hydrogens (tertiary/aromatic N) is 5. The normalized spacial score (nSPS) is 10.6. The average Bonchev–Trinajstić information content (AvgIpc) is 2.92. The Balaban J connectivity index is 1.94. The van der Waals surface area contributed by atoms with Gasteiger partial charge in [-0.05, 0) is 19.4 Å². The Bertz CT molecular complexity index is 909. The highest BCUT2D eigenvalue weighted by Crippen LogP contribution is 2.34. The number of aromatic nitrogens is 3. The molecular weight excluding hydrogens is 352 g/mol. The monoisotopic (exact) mass is 370 g/mol. The fourth-order valence-electron chi connectivity index (χ4n) is 2.47. The summed E-state index contributed by atoms with van der Waals surface area (Å²) in [6.45, 7) is 4.34. The summed E-state index contributed by atoms with van der Waals surface area (Å²) in [7, 11) is 1.77. The summed E-state index contributed by atoms with van der Waals surface area (Å²) >= 11 is 1.43. The van der Waals surface area contributed by atoms with E-state index in [1.807, 2.05) is 44.2 Å². The molecule has 2 heterocycles. The summed E-state index contributed by atoms with van der Waals surface area (Å²) in [5.41, 5.74) is 1.75. The molecule has 0 bridgehead atoms. The van der Waals surface area contributed by atoms with Gasteiger partial charge < -0.3 is 10.2 Å². The Morgan fingerprint density at radius 1 is 1.23 bits per heavy atom. The van der Waals surface area contributed by atoms with Crippen LogP contribution >= 0.6 is 11.3 Å². The number of nitro groups is 1. The highest BCUT2D eigenvalue weighted by molar-refractivity contribution is 7.15. The number of nitrogens with one attached hydrogen (secondary N) is 1. The zero-order chi connectivity index (χ0) is 18.7. The summed E-state index contributed by atoms with van der Waals surface area (Å²) in [6, 6.07) is 9.71. The van der Waals surface area contributed by atoms with E-state index in [1.165, 1.54) is 17.7 Å². The first-order valence-corrected chi connectivity index (χ1v) is 8.73. The number of anilines is 3. The molecule has 0 aliphatic rings. The van der Waals surface area contributed by atoms with Crippen molar-refractivity contribution in [2.45, 2.75) is 20.4 Å². The molecule has 8 nitrogen and oxygen atoms in total. The average molecular weight is 370 g/mol. The maximum absolute atomic E-state index is 11.7. The summed E-state index contributed by atoms with van der Waals surface area (Å²) in [5, 5.41) is 15.2. The molecule has 3 aromatic rings. The molecule has 0 aliphatic heterocycles. The van der Waals surface area contributed by atoms with Crippen molar-refractivity contribution in [1.82, 2.24) is 15.0 Å². The van der Waals surface area contributed by atoms with Gasteiger partial charge in [0.05, 0.1) is 10.6 Å². The summed E-state index contributed by atoms with van der Waals surface area (Å²) in [6.07, 6.45) is 1.32. The van der Waals surface area contributed by atoms with Crippen LogP contribution in [0.1, 0.15) is 16.1 Å². The summed E-state index contributed by atoms with van der Waals surface area (Å²) in [5.74, 6) is 0.384. The number of benzene rings is 1. The number of hydrogen-bond acceptors (Lipinski definition) is 8. The lowest BCUT2D eigenvalue weighted by Gasteiger charge is -2.18. The maximum atomic E-state index is 11.7.